The van der Waals surface area contributed by atoms with Crippen molar-refractivity contribution in [3.63, 3.8) is 0 Å². The first-order chi connectivity index (χ1) is 14.5. The molecule has 0 unspecified atom stereocenters. The molecular formula is C21H16ClF3N2O3S. The van der Waals surface area contributed by atoms with Crippen LogP contribution in [0.25, 0.3) is 0 Å². The van der Waals surface area contributed by atoms with Crippen molar-refractivity contribution < 1.29 is 26.3 Å². The van der Waals surface area contributed by atoms with Gasteiger partial charge in [-0.15, -0.1) is 17.6 Å². The highest BCUT2D eigenvalue weighted by Crippen LogP contribution is 2.25. The average molecular weight is 469 g/mol. The van der Waals surface area contributed by atoms with Gasteiger partial charge in [-0.1, -0.05) is 29.3 Å². The molecule has 3 aromatic carbocycles. The van der Waals surface area contributed by atoms with Crippen LogP contribution >= 0.6 is 11.6 Å². The number of anilines is 1. The molecule has 0 aliphatic carbocycles. The molecule has 0 bridgehead atoms. The Morgan fingerprint density at radius 2 is 1.52 bits per heavy atom. The van der Waals surface area contributed by atoms with Crippen molar-refractivity contribution in [2.75, 3.05) is 5.32 Å². The largest absolute Gasteiger partial charge is 0.573 e. The first-order valence-electron chi connectivity index (χ1n) is 8.82. The summed E-state index contributed by atoms with van der Waals surface area (Å²) in [7, 11) is -4.07. The summed E-state index contributed by atoms with van der Waals surface area (Å²) < 4.78 is 70.4. The standard InChI is InChI=1S/C21H16ClF3N2O3S/c1-14-2-12-19(13-3-14)31(28,29)27-20(15-4-6-16(22)7-5-15)26-17-8-10-18(11-9-17)30-21(23,24)25/h2-13H,1H3,(H,26,27). The van der Waals surface area contributed by atoms with E-state index in [0.29, 0.717) is 16.3 Å². The summed E-state index contributed by atoms with van der Waals surface area (Å²) in [5.74, 6) is -0.433. The zero-order valence-corrected chi connectivity index (χ0v) is 17.6. The summed E-state index contributed by atoms with van der Waals surface area (Å²) >= 11 is 5.91. The number of ether oxygens (including phenoxy) is 1. The Bertz CT molecular complexity index is 1180. The normalized spacial score (nSPS) is 12.5. The Kier molecular flexibility index (Phi) is 6.56. The first kappa shape index (κ1) is 22.6. The Labute approximate surface area is 182 Å². The van der Waals surface area contributed by atoms with Crippen molar-refractivity contribution in [1.29, 1.82) is 0 Å². The zero-order valence-electron chi connectivity index (χ0n) is 16.0. The third-order valence-electron chi connectivity index (χ3n) is 4.00. The number of aryl methyl sites for hydroxylation is 1. The van der Waals surface area contributed by atoms with E-state index in [1.54, 1.807) is 36.4 Å². The van der Waals surface area contributed by atoms with Crippen LogP contribution < -0.4 is 10.1 Å². The zero-order chi connectivity index (χ0) is 22.6. The van der Waals surface area contributed by atoms with Gasteiger partial charge in [-0.25, -0.2) is 0 Å². The van der Waals surface area contributed by atoms with Gasteiger partial charge in [0.1, 0.15) is 5.75 Å². The molecule has 0 aliphatic rings. The van der Waals surface area contributed by atoms with E-state index in [0.717, 1.165) is 17.7 Å². The monoisotopic (exact) mass is 468 g/mol. The molecule has 5 nitrogen and oxygen atoms in total. The summed E-state index contributed by atoms with van der Waals surface area (Å²) in [6, 6.07) is 17.3. The van der Waals surface area contributed by atoms with Crippen LogP contribution in [0.15, 0.2) is 82.1 Å². The lowest BCUT2D eigenvalue weighted by molar-refractivity contribution is -0.274. The van der Waals surface area contributed by atoms with E-state index in [1.165, 1.54) is 24.3 Å². The second-order valence-corrected chi connectivity index (χ2v) is 8.47. The second-order valence-electron chi connectivity index (χ2n) is 6.43. The van der Waals surface area contributed by atoms with Crippen molar-refractivity contribution in [3.8, 4) is 5.75 Å². The highest BCUT2D eigenvalue weighted by atomic mass is 35.5. The lowest BCUT2D eigenvalue weighted by Crippen LogP contribution is -2.18. The maximum Gasteiger partial charge on any atom is 0.573 e. The molecule has 1 N–H and O–H groups in total. The smallest absolute Gasteiger partial charge is 0.406 e. The number of benzene rings is 3. The van der Waals surface area contributed by atoms with E-state index in [4.69, 9.17) is 11.6 Å². The molecule has 3 rings (SSSR count). The molecule has 0 saturated heterocycles. The van der Waals surface area contributed by atoms with Crippen molar-refractivity contribution in [2.24, 2.45) is 4.40 Å². The molecule has 0 saturated carbocycles. The van der Waals surface area contributed by atoms with Crippen LogP contribution in [0.2, 0.25) is 5.02 Å². The predicted octanol–water partition coefficient (Wildman–Crippen LogP) is 5.79. The third kappa shape index (κ3) is 6.47. The van der Waals surface area contributed by atoms with Gasteiger partial charge in [0.25, 0.3) is 10.0 Å². The third-order valence-corrected chi connectivity index (χ3v) is 5.54. The van der Waals surface area contributed by atoms with Gasteiger partial charge in [-0.05, 0) is 67.6 Å². The molecule has 0 atom stereocenters. The lowest BCUT2D eigenvalue weighted by atomic mass is 10.2. The number of rotatable bonds is 5. The quantitative estimate of drug-likeness (QED) is 0.380. The van der Waals surface area contributed by atoms with E-state index in [1.807, 2.05) is 6.92 Å². The summed E-state index contributed by atoms with van der Waals surface area (Å²) in [5.41, 5.74) is 1.61. The minimum atomic E-state index is -4.81. The fraction of sp³-hybridized carbons (Fsp3) is 0.0952. The van der Waals surface area contributed by atoms with Crippen LogP contribution in [-0.2, 0) is 10.0 Å². The molecule has 0 radical (unpaired) electrons. The lowest BCUT2D eigenvalue weighted by Gasteiger charge is -2.13. The van der Waals surface area contributed by atoms with E-state index in [-0.39, 0.29) is 10.7 Å². The molecule has 0 aromatic heterocycles. The van der Waals surface area contributed by atoms with Crippen LogP contribution in [-0.4, -0.2) is 20.6 Å². The number of nitrogens with zero attached hydrogens (tertiary/aromatic N) is 1. The van der Waals surface area contributed by atoms with Gasteiger partial charge in [0.2, 0.25) is 0 Å². The Hall–Kier alpha value is -3.04. The molecule has 162 valence electrons. The van der Waals surface area contributed by atoms with Gasteiger partial charge < -0.3 is 10.1 Å². The number of halogens is 4. The summed E-state index contributed by atoms with van der Waals surface area (Å²) in [5, 5.41) is 3.28. The van der Waals surface area contributed by atoms with E-state index in [2.05, 4.69) is 14.5 Å². The number of hydrogen-bond donors (Lipinski definition) is 1. The first-order valence-corrected chi connectivity index (χ1v) is 10.6. The van der Waals surface area contributed by atoms with Gasteiger partial charge in [0.05, 0.1) is 4.90 Å². The number of alkyl halides is 3. The van der Waals surface area contributed by atoms with Crippen molar-refractivity contribution in [2.45, 2.75) is 18.2 Å². The maximum atomic E-state index is 12.8. The van der Waals surface area contributed by atoms with Gasteiger partial charge in [0.15, 0.2) is 5.84 Å². The summed E-state index contributed by atoms with van der Waals surface area (Å²) in [4.78, 5) is 0.000267. The second kappa shape index (κ2) is 8.99. The van der Waals surface area contributed by atoms with Crippen LogP contribution in [0.3, 0.4) is 0 Å². The molecule has 31 heavy (non-hydrogen) atoms. The highest BCUT2D eigenvalue weighted by Gasteiger charge is 2.31. The predicted molar refractivity (Wildman–Crippen MR) is 113 cm³/mol. The van der Waals surface area contributed by atoms with Crippen molar-refractivity contribution >= 4 is 33.1 Å². The average Bonchev–Trinajstić information content (AvgIpc) is 2.68. The fourth-order valence-electron chi connectivity index (χ4n) is 2.52. The van der Waals surface area contributed by atoms with Crippen LogP contribution in [0.5, 0.6) is 5.75 Å². The van der Waals surface area contributed by atoms with Gasteiger partial charge >= 0.3 is 6.36 Å². The minimum Gasteiger partial charge on any atom is -0.406 e. The van der Waals surface area contributed by atoms with E-state index < -0.39 is 22.1 Å². The molecule has 0 amide bonds. The Morgan fingerprint density at radius 3 is 2.06 bits per heavy atom. The summed E-state index contributed by atoms with van der Waals surface area (Å²) in [6.45, 7) is 1.83. The van der Waals surface area contributed by atoms with Gasteiger partial charge in [-0.3, -0.25) is 0 Å². The molecular weight excluding hydrogens is 453 g/mol. The van der Waals surface area contributed by atoms with Crippen molar-refractivity contribution in [1.82, 2.24) is 0 Å². The molecule has 0 heterocycles. The topological polar surface area (TPSA) is 67.8 Å². The van der Waals surface area contributed by atoms with Crippen molar-refractivity contribution in [3.05, 3.63) is 88.9 Å². The van der Waals surface area contributed by atoms with Crippen LogP contribution in [0, 0.1) is 6.92 Å². The Morgan fingerprint density at radius 1 is 0.935 bits per heavy atom. The highest BCUT2D eigenvalue weighted by molar-refractivity contribution is 7.90. The molecule has 3 aromatic rings. The van der Waals surface area contributed by atoms with Crippen LogP contribution in [0.1, 0.15) is 11.1 Å². The maximum absolute atomic E-state index is 12.8. The Balaban J connectivity index is 1.96. The number of nitrogens with one attached hydrogen (secondary N) is 1. The van der Waals surface area contributed by atoms with Crippen LogP contribution in [0.4, 0.5) is 18.9 Å². The molecule has 0 aliphatic heterocycles. The molecule has 0 spiro atoms. The number of sulfonamides is 1. The van der Waals surface area contributed by atoms with Gasteiger partial charge in [-0.2, -0.15) is 8.42 Å². The number of amidine groups is 1. The fourth-order valence-corrected chi connectivity index (χ4v) is 3.62. The minimum absolute atomic E-state index is 0.000267. The summed E-state index contributed by atoms with van der Waals surface area (Å²) in [6.07, 6.45) is -4.81. The SMILES string of the molecule is Cc1ccc(S(=O)(=O)/N=C(\Nc2ccc(OC(F)(F)F)cc2)c2ccc(Cl)cc2)cc1. The van der Waals surface area contributed by atoms with E-state index >= 15 is 0 Å². The van der Waals surface area contributed by atoms with E-state index in [9.17, 15) is 21.6 Å². The van der Waals surface area contributed by atoms with Gasteiger partial charge in [0, 0.05) is 16.3 Å². The number of hydrogen-bond acceptors (Lipinski definition) is 3. The molecule has 0 fully saturated rings. The molecule has 10 heteroatoms.